The molecule has 1 aliphatic heterocycles. The van der Waals surface area contributed by atoms with E-state index in [4.69, 9.17) is 23.2 Å². The summed E-state index contributed by atoms with van der Waals surface area (Å²) in [5.41, 5.74) is 1.44. The van der Waals surface area contributed by atoms with Gasteiger partial charge in [-0.25, -0.2) is 0 Å². The van der Waals surface area contributed by atoms with E-state index in [-0.39, 0.29) is 11.9 Å². The molecule has 1 N–H and O–H groups in total. The van der Waals surface area contributed by atoms with Crippen molar-refractivity contribution in [2.75, 3.05) is 19.6 Å². The summed E-state index contributed by atoms with van der Waals surface area (Å²) in [5.74, 6) is -0.108. The number of carbonyl (C=O) groups excluding carboxylic acids is 1. The van der Waals surface area contributed by atoms with Crippen LogP contribution in [0.15, 0.2) is 42.7 Å². The summed E-state index contributed by atoms with van der Waals surface area (Å²) in [6, 6.07) is 8.91. The SMILES string of the molecule is O=C(c1cccc(Cl)c1Cl)N1CCNCC1c1cccnc1. The molecule has 1 aromatic heterocycles. The van der Waals surface area contributed by atoms with Crippen LogP contribution in [0.1, 0.15) is 22.0 Å². The molecule has 1 saturated heterocycles. The predicted molar refractivity (Wildman–Crippen MR) is 87.3 cm³/mol. The zero-order valence-electron chi connectivity index (χ0n) is 11.8. The van der Waals surface area contributed by atoms with Gasteiger partial charge in [-0.15, -0.1) is 0 Å². The average Bonchev–Trinajstić information content (AvgIpc) is 2.57. The van der Waals surface area contributed by atoms with Gasteiger partial charge in [0.15, 0.2) is 0 Å². The van der Waals surface area contributed by atoms with Crippen molar-refractivity contribution < 1.29 is 4.79 Å². The van der Waals surface area contributed by atoms with E-state index in [9.17, 15) is 4.79 Å². The number of amides is 1. The fourth-order valence-corrected chi connectivity index (χ4v) is 3.02. The third kappa shape index (κ3) is 2.95. The molecule has 0 aliphatic carbocycles. The lowest BCUT2D eigenvalue weighted by molar-refractivity contribution is 0.0634. The molecular formula is C16H15Cl2N3O. The molecule has 1 unspecified atom stereocenters. The van der Waals surface area contributed by atoms with Gasteiger partial charge >= 0.3 is 0 Å². The number of rotatable bonds is 2. The van der Waals surface area contributed by atoms with Gasteiger partial charge in [0, 0.05) is 32.0 Å². The Morgan fingerprint density at radius 1 is 1.27 bits per heavy atom. The Bertz CT molecular complexity index is 678. The molecule has 0 radical (unpaired) electrons. The summed E-state index contributed by atoms with van der Waals surface area (Å²) in [6.45, 7) is 2.05. The van der Waals surface area contributed by atoms with Crippen molar-refractivity contribution in [3.63, 3.8) is 0 Å². The lowest BCUT2D eigenvalue weighted by atomic mass is 10.0. The number of carbonyl (C=O) groups is 1. The third-order valence-electron chi connectivity index (χ3n) is 3.76. The van der Waals surface area contributed by atoms with E-state index in [0.717, 1.165) is 12.1 Å². The summed E-state index contributed by atoms with van der Waals surface area (Å²) in [4.78, 5) is 18.9. The molecule has 2 aromatic rings. The molecule has 4 nitrogen and oxygen atoms in total. The molecular weight excluding hydrogens is 321 g/mol. The van der Waals surface area contributed by atoms with E-state index in [1.54, 1.807) is 30.6 Å². The summed E-state index contributed by atoms with van der Waals surface area (Å²) in [7, 11) is 0. The van der Waals surface area contributed by atoms with Crippen LogP contribution in [0.2, 0.25) is 10.0 Å². The van der Waals surface area contributed by atoms with E-state index in [0.29, 0.717) is 28.7 Å². The first-order valence-electron chi connectivity index (χ1n) is 7.04. The molecule has 22 heavy (non-hydrogen) atoms. The van der Waals surface area contributed by atoms with Gasteiger partial charge < -0.3 is 10.2 Å². The topological polar surface area (TPSA) is 45.2 Å². The normalized spacial score (nSPS) is 18.3. The van der Waals surface area contributed by atoms with Gasteiger partial charge in [0.2, 0.25) is 0 Å². The van der Waals surface area contributed by atoms with Crippen molar-refractivity contribution in [2.24, 2.45) is 0 Å². The second kappa shape index (κ2) is 6.65. The van der Waals surface area contributed by atoms with Gasteiger partial charge in [0.1, 0.15) is 0 Å². The maximum Gasteiger partial charge on any atom is 0.256 e. The Hall–Kier alpha value is -1.62. The molecule has 2 heterocycles. The molecule has 3 rings (SSSR count). The van der Waals surface area contributed by atoms with Crippen LogP contribution in [0.3, 0.4) is 0 Å². The van der Waals surface area contributed by atoms with Crippen LogP contribution < -0.4 is 5.32 Å². The number of pyridine rings is 1. The van der Waals surface area contributed by atoms with Crippen LogP contribution in [0, 0.1) is 0 Å². The second-order valence-electron chi connectivity index (χ2n) is 5.11. The van der Waals surface area contributed by atoms with Gasteiger partial charge in [-0.2, -0.15) is 0 Å². The van der Waals surface area contributed by atoms with E-state index in [1.165, 1.54) is 0 Å². The minimum atomic E-state index is -0.108. The molecule has 0 spiro atoms. The molecule has 0 saturated carbocycles. The van der Waals surface area contributed by atoms with Crippen LogP contribution in [-0.2, 0) is 0 Å². The quantitative estimate of drug-likeness (QED) is 0.916. The van der Waals surface area contributed by atoms with Crippen LogP contribution >= 0.6 is 23.2 Å². The van der Waals surface area contributed by atoms with Crippen molar-refractivity contribution in [3.05, 3.63) is 63.9 Å². The summed E-state index contributed by atoms with van der Waals surface area (Å²) in [6.07, 6.45) is 3.51. The minimum absolute atomic E-state index is 0.0648. The second-order valence-corrected chi connectivity index (χ2v) is 5.89. The van der Waals surface area contributed by atoms with Gasteiger partial charge in [-0.3, -0.25) is 9.78 Å². The smallest absolute Gasteiger partial charge is 0.256 e. The van der Waals surface area contributed by atoms with Crippen molar-refractivity contribution in [1.82, 2.24) is 15.2 Å². The first-order chi connectivity index (χ1) is 10.7. The predicted octanol–water partition coefficient (Wildman–Crippen LogP) is 3.18. The van der Waals surface area contributed by atoms with Crippen LogP contribution in [-0.4, -0.2) is 35.4 Å². The summed E-state index contributed by atoms with van der Waals surface area (Å²) >= 11 is 12.2. The van der Waals surface area contributed by atoms with Crippen LogP contribution in [0.5, 0.6) is 0 Å². The third-order valence-corrected chi connectivity index (χ3v) is 4.57. The molecule has 114 valence electrons. The zero-order chi connectivity index (χ0) is 15.5. The summed E-state index contributed by atoms with van der Waals surface area (Å²) in [5, 5.41) is 4.01. The lowest BCUT2D eigenvalue weighted by Crippen LogP contribution is -2.48. The van der Waals surface area contributed by atoms with Crippen molar-refractivity contribution in [2.45, 2.75) is 6.04 Å². The molecule has 1 fully saturated rings. The molecule has 1 amide bonds. The highest BCUT2D eigenvalue weighted by molar-refractivity contribution is 6.43. The lowest BCUT2D eigenvalue weighted by Gasteiger charge is -2.36. The highest BCUT2D eigenvalue weighted by Gasteiger charge is 2.30. The van der Waals surface area contributed by atoms with Gasteiger partial charge in [0.05, 0.1) is 21.7 Å². The maximum absolute atomic E-state index is 12.9. The zero-order valence-corrected chi connectivity index (χ0v) is 13.3. The van der Waals surface area contributed by atoms with Gasteiger partial charge in [-0.05, 0) is 23.8 Å². The number of piperazine rings is 1. The standard InChI is InChI=1S/C16H15Cl2N3O/c17-13-5-1-4-12(15(13)18)16(22)21-8-7-20-10-14(21)11-3-2-6-19-9-11/h1-6,9,14,20H,7-8,10H2. The number of aromatic nitrogens is 1. The highest BCUT2D eigenvalue weighted by atomic mass is 35.5. The number of benzene rings is 1. The van der Waals surface area contributed by atoms with E-state index in [2.05, 4.69) is 10.3 Å². The monoisotopic (exact) mass is 335 g/mol. The molecule has 1 aromatic carbocycles. The largest absolute Gasteiger partial charge is 0.329 e. The number of nitrogens with zero attached hydrogens (tertiary/aromatic N) is 2. The Morgan fingerprint density at radius 3 is 2.91 bits per heavy atom. The number of nitrogens with one attached hydrogen (secondary N) is 1. The van der Waals surface area contributed by atoms with Crippen molar-refractivity contribution in [3.8, 4) is 0 Å². The number of hydrogen-bond acceptors (Lipinski definition) is 3. The van der Waals surface area contributed by atoms with Gasteiger partial charge in [-0.1, -0.05) is 35.3 Å². The number of hydrogen-bond donors (Lipinski definition) is 1. The summed E-state index contributed by atoms with van der Waals surface area (Å²) < 4.78 is 0. The fourth-order valence-electron chi connectivity index (χ4n) is 2.64. The van der Waals surface area contributed by atoms with Crippen LogP contribution in [0.25, 0.3) is 0 Å². The van der Waals surface area contributed by atoms with Crippen LogP contribution in [0.4, 0.5) is 0 Å². The Kier molecular flexibility index (Phi) is 4.62. The molecule has 6 heteroatoms. The fraction of sp³-hybridized carbons (Fsp3) is 0.250. The number of halogens is 2. The van der Waals surface area contributed by atoms with E-state index < -0.39 is 0 Å². The molecule has 1 aliphatic rings. The van der Waals surface area contributed by atoms with Crippen molar-refractivity contribution in [1.29, 1.82) is 0 Å². The Morgan fingerprint density at radius 2 is 2.14 bits per heavy atom. The minimum Gasteiger partial charge on any atom is -0.329 e. The van der Waals surface area contributed by atoms with Gasteiger partial charge in [0.25, 0.3) is 5.91 Å². The van der Waals surface area contributed by atoms with E-state index >= 15 is 0 Å². The first kappa shape index (κ1) is 15.3. The molecule has 0 bridgehead atoms. The van der Waals surface area contributed by atoms with E-state index in [1.807, 2.05) is 17.0 Å². The maximum atomic E-state index is 12.9. The van der Waals surface area contributed by atoms with Crippen molar-refractivity contribution >= 4 is 29.1 Å². The Balaban J connectivity index is 1.94. The average molecular weight is 336 g/mol. The first-order valence-corrected chi connectivity index (χ1v) is 7.79. The highest BCUT2D eigenvalue weighted by Crippen LogP contribution is 2.29. The Labute approximate surface area is 139 Å². The molecule has 1 atom stereocenters.